The first kappa shape index (κ1) is 14.0. The Morgan fingerprint density at radius 2 is 2.00 bits per heavy atom. The molecule has 0 aliphatic carbocycles. The van der Waals surface area contributed by atoms with Crippen LogP contribution in [-0.2, 0) is 6.42 Å². The fourth-order valence-electron chi connectivity index (χ4n) is 1.95. The number of nitrogens with one attached hydrogen (secondary N) is 1. The molecule has 1 aromatic carbocycles. The largest absolute Gasteiger partial charge is 0.391 e. The van der Waals surface area contributed by atoms with E-state index in [-0.39, 0.29) is 6.04 Å². The topological polar surface area (TPSA) is 68.9 Å². The molecule has 4 nitrogen and oxygen atoms in total. The van der Waals surface area contributed by atoms with Crippen molar-refractivity contribution in [1.29, 1.82) is 5.26 Å². The van der Waals surface area contributed by atoms with Crippen LogP contribution >= 0.6 is 0 Å². The number of hydrogen-bond acceptors (Lipinski definition) is 4. The zero-order valence-electron chi connectivity index (χ0n) is 11.3. The summed E-state index contributed by atoms with van der Waals surface area (Å²) in [6.07, 6.45) is 1.63. The minimum absolute atomic E-state index is 0.197. The average molecular weight is 267 g/mol. The summed E-state index contributed by atoms with van der Waals surface area (Å²) < 4.78 is 0. The average Bonchev–Trinajstić information content (AvgIpc) is 2.48. The third-order valence-corrected chi connectivity index (χ3v) is 3.16. The van der Waals surface area contributed by atoms with Gasteiger partial charge < -0.3 is 10.4 Å². The van der Waals surface area contributed by atoms with Crippen molar-refractivity contribution in [2.45, 2.75) is 25.5 Å². The smallest absolute Gasteiger partial charge is 0.144 e. The summed E-state index contributed by atoms with van der Waals surface area (Å²) in [5.41, 5.74) is 1.56. The van der Waals surface area contributed by atoms with Gasteiger partial charge in [-0.1, -0.05) is 30.3 Å². The number of anilines is 1. The minimum Gasteiger partial charge on any atom is -0.391 e. The highest BCUT2D eigenvalue weighted by Crippen LogP contribution is 2.14. The monoisotopic (exact) mass is 267 g/mol. The second-order valence-electron chi connectivity index (χ2n) is 4.70. The lowest BCUT2D eigenvalue weighted by atomic mass is 10.0. The van der Waals surface area contributed by atoms with Gasteiger partial charge in [-0.05, 0) is 24.6 Å². The molecule has 0 saturated heterocycles. The second kappa shape index (κ2) is 6.69. The number of benzene rings is 1. The molecular formula is C16H17N3O. The summed E-state index contributed by atoms with van der Waals surface area (Å²) in [5, 5.41) is 22.3. The van der Waals surface area contributed by atoms with E-state index in [4.69, 9.17) is 5.26 Å². The first-order valence-electron chi connectivity index (χ1n) is 6.54. The molecule has 0 radical (unpaired) electrons. The predicted octanol–water partition coefficient (Wildman–Crippen LogP) is 2.36. The van der Waals surface area contributed by atoms with Crippen molar-refractivity contribution in [1.82, 2.24) is 4.98 Å². The van der Waals surface area contributed by atoms with Crippen molar-refractivity contribution in [3.05, 3.63) is 59.8 Å². The van der Waals surface area contributed by atoms with E-state index in [9.17, 15) is 5.11 Å². The van der Waals surface area contributed by atoms with Crippen LogP contribution < -0.4 is 5.32 Å². The standard InChI is InChI=1S/C16H17N3O/c1-12(15(20)10-13-6-3-2-4-7-13)19-16-14(11-17)8-5-9-18-16/h2-9,12,15,20H,10H2,1H3,(H,18,19). The molecule has 0 bridgehead atoms. The molecule has 1 heterocycles. The van der Waals surface area contributed by atoms with Gasteiger partial charge in [0.25, 0.3) is 0 Å². The van der Waals surface area contributed by atoms with E-state index in [1.807, 2.05) is 37.3 Å². The summed E-state index contributed by atoms with van der Waals surface area (Å²) in [6, 6.07) is 15.1. The maximum Gasteiger partial charge on any atom is 0.144 e. The highest BCUT2D eigenvalue weighted by molar-refractivity contribution is 5.51. The van der Waals surface area contributed by atoms with Crippen LogP contribution in [0.3, 0.4) is 0 Å². The number of rotatable bonds is 5. The van der Waals surface area contributed by atoms with Gasteiger partial charge in [0.2, 0.25) is 0 Å². The van der Waals surface area contributed by atoms with E-state index >= 15 is 0 Å². The maximum absolute atomic E-state index is 10.2. The Morgan fingerprint density at radius 3 is 2.70 bits per heavy atom. The number of pyridine rings is 1. The fraction of sp³-hybridized carbons (Fsp3) is 0.250. The maximum atomic E-state index is 10.2. The number of aliphatic hydroxyl groups excluding tert-OH is 1. The Morgan fingerprint density at radius 1 is 1.25 bits per heavy atom. The third-order valence-electron chi connectivity index (χ3n) is 3.16. The Balaban J connectivity index is 2.01. The van der Waals surface area contributed by atoms with Gasteiger partial charge in [0.15, 0.2) is 0 Å². The van der Waals surface area contributed by atoms with Gasteiger partial charge in [0.1, 0.15) is 11.9 Å². The molecular weight excluding hydrogens is 250 g/mol. The summed E-state index contributed by atoms with van der Waals surface area (Å²) in [7, 11) is 0. The normalized spacial score (nSPS) is 13.2. The third kappa shape index (κ3) is 3.56. The van der Waals surface area contributed by atoms with Gasteiger partial charge in [0, 0.05) is 12.6 Å². The molecule has 2 aromatic rings. The molecule has 0 amide bonds. The Hall–Kier alpha value is -2.38. The lowest BCUT2D eigenvalue weighted by Gasteiger charge is -2.21. The summed E-state index contributed by atoms with van der Waals surface area (Å²) >= 11 is 0. The highest BCUT2D eigenvalue weighted by atomic mass is 16.3. The number of aromatic nitrogens is 1. The summed E-state index contributed by atoms with van der Waals surface area (Å²) in [6.45, 7) is 1.88. The van der Waals surface area contributed by atoms with Crippen LogP contribution in [0.5, 0.6) is 0 Å². The first-order valence-corrected chi connectivity index (χ1v) is 6.54. The zero-order valence-corrected chi connectivity index (χ0v) is 11.3. The number of aliphatic hydroxyl groups is 1. The Labute approximate surface area is 118 Å². The van der Waals surface area contributed by atoms with Crippen LogP contribution in [0.2, 0.25) is 0 Å². The quantitative estimate of drug-likeness (QED) is 0.872. The lowest BCUT2D eigenvalue weighted by Crippen LogP contribution is -2.33. The number of nitriles is 1. The van der Waals surface area contributed by atoms with Crippen molar-refractivity contribution in [2.75, 3.05) is 5.32 Å². The molecule has 2 N–H and O–H groups in total. The minimum atomic E-state index is -0.550. The molecule has 0 aliphatic rings. The number of nitrogens with zero attached hydrogens (tertiary/aromatic N) is 2. The molecule has 0 saturated carbocycles. The molecule has 0 aliphatic heterocycles. The second-order valence-corrected chi connectivity index (χ2v) is 4.70. The van der Waals surface area contributed by atoms with Crippen LogP contribution in [0, 0.1) is 11.3 Å². The van der Waals surface area contributed by atoms with E-state index in [1.165, 1.54) is 0 Å². The molecule has 102 valence electrons. The van der Waals surface area contributed by atoms with Gasteiger partial charge in [-0.15, -0.1) is 0 Å². The molecule has 4 heteroatoms. The molecule has 2 atom stereocenters. The molecule has 0 fully saturated rings. The Kier molecular flexibility index (Phi) is 4.70. The van der Waals surface area contributed by atoms with E-state index in [0.29, 0.717) is 17.8 Å². The summed E-state index contributed by atoms with van der Waals surface area (Å²) in [4.78, 5) is 4.13. The van der Waals surface area contributed by atoms with Crippen molar-refractivity contribution in [3.8, 4) is 6.07 Å². The SMILES string of the molecule is CC(Nc1ncccc1C#N)C(O)Cc1ccccc1. The van der Waals surface area contributed by atoms with Gasteiger partial charge >= 0.3 is 0 Å². The highest BCUT2D eigenvalue weighted by Gasteiger charge is 2.16. The van der Waals surface area contributed by atoms with E-state index in [0.717, 1.165) is 5.56 Å². The van der Waals surface area contributed by atoms with Gasteiger partial charge in [-0.25, -0.2) is 4.98 Å². The molecule has 2 unspecified atom stereocenters. The fourth-order valence-corrected chi connectivity index (χ4v) is 1.95. The molecule has 2 rings (SSSR count). The van der Waals surface area contributed by atoms with Crippen LogP contribution in [0.1, 0.15) is 18.1 Å². The van der Waals surface area contributed by atoms with Gasteiger partial charge in [-0.3, -0.25) is 0 Å². The van der Waals surface area contributed by atoms with Crippen LogP contribution in [0.15, 0.2) is 48.7 Å². The van der Waals surface area contributed by atoms with Crippen molar-refractivity contribution in [2.24, 2.45) is 0 Å². The lowest BCUT2D eigenvalue weighted by molar-refractivity contribution is 0.158. The number of hydrogen-bond donors (Lipinski definition) is 2. The predicted molar refractivity (Wildman–Crippen MR) is 78.2 cm³/mol. The van der Waals surface area contributed by atoms with Crippen LogP contribution in [-0.4, -0.2) is 22.2 Å². The van der Waals surface area contributed by atoms with E-state index in [1.54, 1.807) is 18.3 Å². The van der Waals surface area contributed by atoms with Gasteiger partial charge in [-0.2, -0.15) is 5.26 Å². The van der Waals surface area contributed by atoms with Crippen molar-refractivity contribution < 1.29 is 5.11 Å². The van der Waals surface area contributed by atoms with Gasteiger partial charge in [0.05, 0.1) is 17.7 Å². The molecule has 20 heavy (non-hydrogen) atoms. The van der Waals surface area contributed by atoms with Crippen LogP contribution in [0.4, 0.5) is 5.82 Å². The zero-order chi connectivity index (χ0) is 14.4. The first-order chi connectivity index (χ1) is 9.70. The van der Waals surface area contributed by atoms with E-state index in [2.05, 4.69) is 16.4 Å². The Bertz CT molecular complexity index is 592. The van der Waals surface area contributed by atoms with Crippen LogP contribution in [0.25, 0.3) is 0 Å². The summed E-state index contributed by atoms with van der Waals surface area (Å²) in [5.74, 6) is 0.509. The molecule has 0 spiro atoms. The van der Waals surface area contributed by atoms with E-state index < -0.39 is 6.10 Å². The molecule has 1 aromatic heterocycles. The van der Waals surface area contributed by atoms with Crippen molar-refractivity contribution in [3.63, 3.8) is 0 Å². The van der Waals surface area contributed by atoms with Crippen molar-refractivity contribution >= 4 is 5.82 Å².